The third kappa shape index (κ3) is 4.79. The largest absolute Gasteiger partial charge is 0.486 e. The van der Waals surface area contributed by atoms with Gasteiger partial charge in [0, 0.05) is 11.6 Å². The first-order valence-electron chi connectivity index (χ1n) is 9.17. The first-order chi connectivity index (χ1) is 14.7. The minimum Gasteiger partial charge on any atom is -0.486 e. The number of hydrazine groups is 1. The highest BCUT2D eigenvalue weighted by Crippen LogP contribution is 2.31. The molecule has 0 atom stereocenters. The third-order valence-corrected chi connectivity index (χ3v) is 4.09. The van der Waals surface area contributed by atoms with E-state index in [2.05, 4.69) is 26.3 Å². The van der Waals surface area contributed by atoms with Gasteiger partial charge in [-0.1, -0.05) is 36.4 Å². The molecule has 30 heavy (non-hydrogen) atoms. The summed E-state index contributed by atoms with van der Waals surface area (Å²) >= 11 is 0. The Morgan fingerprint density at radius 3 is 2.67 bits per heavy atom. The van der Waals surface area contributed by atoms with E-state index in [0.29, 0.717) is 30.5 Å². The standard InChI is InChI=1S/C20H18N6O4/c27-18(9-7-14-6-8-16-17(12-14)30-11-10-29-16)21-22-19(28)13-26-24-20(23-25-26)15-4-2-1-3-5-15/h1-9,12H,10-11,13H2,(H,21,27)(H,22,28)/b9-7+. The Kier molecular flexibility index (Phi) is 5.65. The fraction of sp³-hybridized carbons (Fsp3) is 0.150. The Morgan fingerprint density at radius 1 is 1.03 bits per heavy atom. The van der Waals surface area contributed by atoms with E-state index in [1.54, 1.807) is 24.3 Å². The smallest absolute Gasteiger partial charge is 0.262 e. The Hall–Kier alpha value is -4.21. The topological polar surface area (TPSA) is 120 Å². The minimum atomic E-state index is -0.493. The number of rotatable bonds is 5. The Labute approximate surface area is 171 Å². The van der Waals surface area contributed by atoms with E-state index < -0.39 is 11.8 Å². The van der Waals surface area contributed by atoms with Crippen LogP contribution in [-0.2, 0) is 16.1 Å². The van der Waals surface area contributed by atoms with Gasteiger partial charge in [0.05, 0.1) is 0 Å². The van der Waals surface area contributed by atoms with Crippen LogP contribution >= 0.6 is 0 Å². The second kappa shape index (κ2) is 8.86. The molecule has 0 aliphatic carbocycles. The molecule has 1 aromatic heterocycles. The molecule has 4 rings (SSSR count). The molecule has 152 valence electrons. The highest BCUT2D eigenvalue weighted by molar-refractivity contribution is 5.93. The normalized spacial score (nSPS) is 12.5. The summed E-state index contributed by atoms with van der Waals surface area (Å²) in [4.78, 5) is 25.1. The van der Waals surface area contributed by atoms with Crippen molar-refractivity contribution in [2.75, 3.05) is 13.2 Å². The Balaban J connectivity index is 1.26. The maximum absolute atomic E-state index is 12.0. The van der Waals surface area contributed by atoms with Crippen LogP contribution in [0.15, 0.2) is 54.6 Å². The van der Waals surface area contributed by atoms with Gasteiger partial charge in [0.2, 0.25) is 5.82 Å². The minimum absolute atomic E-state index is 0.189. The van der Waals surface area contributed by atoms with Crippen LogP contribution in [0.1, 0.15) is 5.56 Å². The molecule has 0 unspecified atom stereocenters. The summed E-state index contributed by atoms with van der Waals surface area (Å²) in [5.41, 5.74) is 6.16. The number of amides is 2. The van der Waals surface area contributed by atoms with E-state index in [9.17, 15) is 9.59 Å². The fourth-order valence-electron chi connectivity index (χ4n) is 2.69. The van der Waals surface area contributed by atoms with Gasteiger partial charge in [-0.15, -0.1) is 10.2 Å². The summed E-state index contributed by atoms with van der Waals surface area (Å²) < 4.78 is 11.0. The number of aromatic nitrogens is 4. The van der Waals surface area contributed by atoms with E-state index in [1.165, 1.54) is 6.08 Å². The van der Waals surface area contributed by atoms with Crippen molar-refractivity contribution in [2.45, 2.75) is 6.54 Å². The first-order valence-corrected chi connectivity index (χ1v) is 9.17. The summed E-state index contributed by atoms with van der Waals surface area (Å²) in [7, 11) is 0. The lowest BCUT2D eigenvalue weighted by atomic mass is 10.2. The van der Waals surface area contributed by atoms with Gasteiger partial charge in [-0.25, -0.2) is 0 Å². The Morgan fingerprint density at radius 2 is 1.83 bits per heavy atom. The average molecular weight is 406 g/mol. The second-order valence-corrected chi connectivity index (χ2v) is 6.28. The molecule has 2 aromatic carbocycles. The van der Waals surface area contributed by atoms with Crippen LogP contribution in [0.5, 0.6) is 11.5 Å². The molecule has 10 nitrogen and oxygen atoms in total. The van der Waals surface area contributed by atoms with Crippen molar-refractivity contribution in [1.29, 1.82) is 0 Å². The van der Waals surface area contributed by atoms with Gasteiger partial charge in [-0.05, 0) is 29.0 Å². The predicted octanol–water partition coefficient (Wildman–Crippen LogP) is 0.972. The number of fused-ring (bicyclic) bond motifs is 1. The van der Waals surface area contributed by atoms with Gasteiger partial charge < -0.3 is 9.47 Å². The van der Waals surface area contributed by atoms with E-state index in [1.807, 2.05) is 30.3 Å². The van der Waals surface area contributed by atoms with Crippen molar-refractivity contribution >= 4 is 17.9 Å². The molecule has 0 spiro atoms. The van der Waals surface area contributed by atoms with Crippen LogP contribution in [-0.4, -0.2) is 45.2 Å². The summed E-state index contributed by atoms with van der Waals surface area (Å²) in [6, 6.07) is 14.6. The molecule has 0 fully saturated rings. The molecule has 1 aliphatic rings. The van der Waals surface area contributed by atoms with Crippen LogP contribution in [0.25, 0.3) is 17.5 Å². The van der Waals surface area contributed by atoms with Gasteiger partial charge in [-0.3, -0.25) is 20.4 Å². The molecule has 2 N–H and O–H groups in total. The van der Waals surface area contributed by atoms with Gasteiger partial charge in [0.1, 0.15) is 19.8 Å². The number of ether oxygens (including phenoxy) is 2. The number of hydrogen-bond donors (Lipinski definition) is 2. The molecule has 1 aliphatic heterocycles. The summed E-state index contributed by atoms with van der Waals surface area (Å²) in [6.45, 7) is 0.814. The number of carbonyl (C=O) groups is 2. The number of tetrazole rings is 1. The third-order valence-electron chi connectivity index (χ3n) is 4.09. The zero-order chi connectivity index (χ0) is 20.8. The van der Waals surface area contributed by atoms with Gasteiger partial charge in [-0.2, -0.15) is 4.80 Å². The molecular weight excluding hydrogens is 388 g/mol. The molecule has 0 saturated carbocycles. The molecule has 0 saturated heterocycles. The van der Waals surface area contributed by atoms with E-state index in [0.717, 1.165) is 15.9 Å². The molecule has 2 heterocycles. The molecule has 0 bridgehead atoms. The Bertz CT molecular complexity index is 1080. The zero-order valence-electron chi connectivity index (χ0n) is 15.8. The molecule has 3 aromatic rings. The highest BCUT2D eigenvalue weighted by Gasteiger charge is 2.11. The summed E-state index contributed by atoms with van der Waals surface area (Å²) in [6.07, 6.45) is 2.90. The van der Waals surface area contributed by atoms with Gasteiger partial charge in [0.15, 0.2) is 11.5 Å². The number of benzene rings is 2. The SMILES string of the molecule is O=C(/C=C/c1ccc2c(c1)OCCO2)NNC(=O)Cn1nnc(-c2ccccc2)n1. The number of nitrogens with one attached hydrogen (secondary N) is 2. The molecular formula is C20H18N6O4. The first kappa shape index (κ1) is 19.1. The second-order valence-electron chi connectivity index (χ2n) is 6.28. The summed E-state index contributed by atoms with van der Waals surface area (Å²) in [5.74, 6) is 0.734. The quantitative estimate of drug-likeness (QED) is 0.478. The van der Waals surface area contributed by atoms with Crippen molar-refractivity contribution in [2.24, 2.45) is 0 Å². The van der Waals surface area contributed by atoms with Crippen molar-refractivity contribution in [3.63, 3.8) is 0 Å². The highest BCUT2D eigenvalue weighted by atomic mass is 16.6. The van der Waals surface area contributed by atoms with E-state index in [-0.39, 0.29) is 6.54 Å². The maximum Gasteiger partial charge on any atom is 0.262 e. The average Bonchev–Trinajstić information content (AvgIpc) is 3.25. The molecule has 10 heteroatoms. The monoisotopic (exact) mass is 406 g/mol. The van der Waals surface area contributed by atoms with Crippen molar-refractivity contribution < 1.29 is 19.1 Å². The van der Waals surface area contributed by atoms with E-state index >= 15 is 0 Å². The van der Waals surface area contributed by atoms with Crippen LogP contribution in [0, 0.1) is 0 Å². The van der Waals surface area contributed by atoms with Crippen LogP contribution < -0.4 is 20.3 Å². The maximum atomic E-state index is 12.0. The van der Waals surface area contributed by atoms with Crippen LogP contribution in [0.3, 0.4) is 0 Å². The zero-order valence-corrected chi connectivity index (χ0v) is 15.8. The van der Waals surface area contributed by atoms with Gasteiger partial charge >= 0.3 is 0 Å². The van der Waals surface area contributed by atoms with Crippen molar-refractivity contribution in [3.05, 3.63) is 60.2 Å². The van der Waals surface area contributed by atoms with Crippen molar-refractivity contribution in [3.8, 4) is 22.9 Å². The van der Waals surface area contributed by atoms with E-state index in [4.69, 9.17) is 9.47 Å². The molecule has 0 radical (unpaired) electrons. The lowest BCUT2D eigenvalue weighted by molar-refractivity contribution is -0.127. The van der Waals surface area contributed by atoms with Crippen molar-refractivity contribution in [1.82, 2.24) is 31.1 Å². The summed E-state index contributed by atoms with van der Waals surface area (Å²) in [5, 5.41) is 11.9. The van der Waals surface area contributed by atoms with Crippen LogP contribution in [0.2, 0.25) is 0 Å². The number of nitrogens with zero attached hydrogens (tertiary/aromatic N) is 4. The molecule has 2 amide bonds. The van der Waals surface area contributed by atoms with Gasteiger partial charge in [0.25, 0.3) is 11.8 Å². The lowest BCUT2D eigenvalue weighted by Gasteiger charge is -2.18. The number of hydrogen-bond acceptors (Lipinski definition) is 7. The van der Waals surface area contributed by atoms with Crippen LogP contribution in [0.4, 0.5) is 0 Å². The fourth-order valence-corrected chi connectivity index (χ4v) is 2.69. The number of carbonyl (C=O) groups excluding carboxylic acids is 2. The predicted molar refractivity (Wildman–Crippen MR) is 106 cm³/mol. The lowest BCUT2D eigenvalue weighted by Crippen LogP contribution is -2.42.